The van der Waals surface area contributed by atoms with E-state index in [9.17, 15) is 0 Å². The van der Waals surface area contributed by atoms with Gasteiger partial charge in [-0.15, -0.1) is 0 Å². The lowest BCUT2D eigenvalue weighted by Gasteiger charge is -1.97. The predicted molar refractivity (Wildman–Crippen MR) is 47.5 cm³/mol. The summed E-state index contributed by atoms with van der Waals surface area (Å²) in [5, 5.41) is 7.49. The van der Waals surface area contributed by atoms with Crippen molar-refractivity contribution in [1.29, 1.82) is 5.41 Å². The van der Waals surface area contributed by atoms with E-state index in [4.69, 9.17) is 5.41 Å². The van der Waals surface area contributed by atoms with Gasteiger partial charge < -0.3 is 5.41 Å². The van der Waals surface area contributed by atoms with Gasteiger partial charge in [0.15, 0.2) is 0 Å². The molecule has 0 aliphatic rings. The largest absolute Gasteiger partial charge is 0.300 e. The molecule has 0 heterocycles. The van der Waals surface area contributed by atoms with Gasteiger partial charge in [0, 0.05) is 0 Å². The monoisotopic (exact) mass is 151 g/mol. The topological polar surface area (TPSA) is 23.9 Å². The molecule has 0 fully saturated rings. The van der Waals surface area contributed by atoms with E-state index in [0.29, 0.717) is 8.58 Å². The summed E-state index contributed by atoms with van der Waals surface area (Å²) in [6.07, 6.45) is 0. The molecule has 1 rings (SSSR count). The second kappa shape index (κ2) is 3.48. The Morgan fingerprint density at radius 1 is 1.30 bits per heavy atom. The average molecular weight is 151 g/mol. The van der Waals surface area contributed by atoms with Crippen LogP contribution in [0.2, 0.25) is 0 Å². The Kier molecular flexibility index (Phi) is 2.58. The van der Waals surface area contributed by atoms with Gasteiger partial charge >= 0.3 is 0 Å². The third-order valence-electron chi connectivity index (χ3n) is 1.31. The third kappa shape index (κ3) is 1.65. The maximum atomic E-state index is 7.49. The van der Waals surface area contributed by atoms with Crippen LogP contribution in [0.4, 0.5) is 0 Å². The second-order valence-electron chi connectivity index (χ2n) is 1.99. The Hall–Kier alpha value is -0.680. The summed E-state index contributed by atoms with van der Waals surface area (Å²) in [6.45, 7) is 2.02. The van der Waals surface area contributed by atoms with Gasteiger partial charge in [-0.05, 0) is 12.2 Å². The summed E-state index contributed by atoms with van der Waals surface area (Å²) in [7, 11) is 0.592. The molecule has 0 radical (unpaired) electrons. The Balaban J connectivity index is 2.85. The molecule has 0 saturated carbocycles. The Labute approximate surface area is 62.8 Å². The smallest absolute Gasteiger partial charge is 0.0580 e. The maximum absolute atomic E-state index is 7.49. The molecule has 0 bridgehead atoms. The van der Waals surface area contributed by atoms with Crippen LogP contribution in [0.5, 0.6) is 0 Å². The fourth-order valence-electron chi connectivity index (χ4n) is 0.749. The standard InChI is InChI=1S/C8H10NP/c1-10-8(9)7-5-3-2-4-6-7/h2-6,9-10H,1H3. The van der Waals surface area contributed by atoms with Gasteiger partial charge in [-0.3, -0.25) is 0 Å². The van der Waals surface area contributed by atoms with E-state index in [1.807, 2.05) is 37.0 Å². The highest BCUT2D eigenvalue weighted by Crippen LogP contribution is 2.12. The third-order valence-corrected chi connectivity index (χ3v) is 2.10. The van der Waals surface area contributed by atoms with Crippen molar-refractivity contribution in [2.45, 2.75) is 0 Å². The van der Waals surface area contributed by atoms with Crippen molar-refractivity contribution >= 4 is 14.0 Å². The van der Waals surface area contributed by atoms with E-state index in [2.05, 4.69) is 0 Å². The zero-order chi connectivity index (χ0) is 7.40. The molecule has 1 unspecified atom stereocenters. The minimum atomic E-state index is 0.592. The van der Waals surface area contributed by atoms with E-state index >= 15 is 0 Å². The molecule has 52 valence electrons. The van der Waals surface area contributed by atoms with Crippen molar-refractivity contribution < 1.29 is 0 Å². The molecular formula is C8H10NP. The summed E-state index contributed by atoms with van der Waals surface area (Å²) < 4.78 is 0. The normalized spacial score (nSPS) is 10.5. The van der Waals surface area contributed by atoms with E-state index in [1.165, 1.54) is 0 Å². The maximum Gasteiger partial charge on any atom is 0.0580 e. The molecule has 10 heavy (non-hydrogen) atoms. The lowest BCUT2D eigenvalue weighted by molar-refractivity contribution is 1.52. The number of hydrogen-bond donors (Lipinski definition) is 1. The van der Waals surface area contributed by atoms with Gasteiger partial charge in [0.25, 0.3) is 0 Å². The van der Waals surface area contributed by atoms with Crippen molar-refractivity contribution in [1.82, 2.24) is 0 Å². The number of nitrogens with one attached hydrogen (secondary N) is 1. The molecule has 0 amide bonds. The van der Waals surface area contributed by atoms with Crippen molar-refractivity contribution in [2.75, 3.05) is 6.66 Å². The SMILES string of the molecule is CPC(=N)c1ccccc1. The Bertz CT molecular complexity index is 218. The highest BCUT2D eigenvalue weighted by atomic mass is 31.1. The molecule has 0 aliphatic heterocycles. The lowest BCUT2D eigenvalue weighted by atomic mass is 10.2. The fraction of sp³-hybridized carbons (Fsp3) is 0.125. The summed E-state index contributed by atoms with van der Waals surface area (Å²) >= 11 is 0. The van der Waals surface area contributed by atoms with Crippen molar-refractivity contribution in [2.24, 2.45) is 0 Å². The van der Waals surface area contributed by atoms with Crippen LogP contribution in [-0.4, -0.2) is 12.1 Å². The minimum Gasteiger partial charge on any atom is -0.300 e. The summed E-state index contributed by atoms with van der Waals surface area (Å²) in [5.74, 6) is 0. The first-order chi connectivity index (χ1) is 4.84. The van der Waals surface area contributed by atoms with Gasteiger partial charge in [-0.1, -0.05) is 38.9 Å². The molecule has 0 aliphatic carbocycles. The van der Waals surface area contributed by atoms with E-state index in [1.54, 1.807) is 0 Å². The van der Waals surface area contributed by atoms with Crippen molar-refractivity contribution in [3.05, 3.63) is 35.9 Å². The molecular weight excluding hydrogens is 141 g/mol. The van der Waals surface area contributed by atoms with Gasteiger partial charge in [-0.2, -0.15) is 0 Å². The zero-order valence-electron chi connectivity index (χ0n) is 5.89. The van der Waals surface area contributed by atoms with E-state index in [-0.39, 0.29) is 0 Å². The quantitative estimate of drug-likeness (QED) is 0.495. The van der Waals surface area contributed by atoms with Crippen LogP contribution in [0.15, 0.2) is 30.3 Å². The van der Waals surface area contributed by atoms with Crippen LogP contribution in [0.3, 0.4) is 0 Å². The van der Waals surface area contributed by atoms with Crippen LogP contribution < -0.4 is 0 Å². The lowest BCUT2D eigenvalue weighted by Crippen LogP contribution is -1.87. The summed E-state index contributed by atoms with van der Waals surface area (Å²) in [4.78, 5) is 0. The van der Waals surface area contributed by atoms with Gasteiger partial charge in [0.2, 0.25) is 0 Å². The number of benzene rings is 1. The van der Waals surface area contributed by atoms with E-state index < -0.39 is 0 Å². The first-order valence-corrected chi connectivity index (χ1v) is 4.66. The fourth-order valence-corrected chi connectivity index (χ4v) is 1.20. The Morgan fingerprint density at radius 3 is 2.40 bits per heavy atom. The van der Waals surface area contributed by atoms with E-state index in [0.717, 1.165) is 11.0 Å². The summed E-state index contributed by atoms with van der Waals surface area (Å²) in [6, 6.07) is 9.83. The van der Waals surface area contributed by atoms with Crippen LogP contribution in [0.25, 0.3) is 0 Å². The minimum absolute atomic E-state index is 0.592. The molecule has 0 aromatic heterocycles. The second-order valence-corrected chi connectivity index (χ2v) is 2.99. The molecule has 0 spiro atoms. The van der Waals surface area contributed by atoms with Crippen LogP contribution >= 0.6 is 8.58 Å². The number of rotatable bonds is 2. The number of hydrogen-bond acceptors (Lipinski definition) is 1. The average Bonchev–Trinajstić information content (AvgIpc) is 2.05. The molecule has 1 nitrogen and oxygen atoms in total. The molecule has 1 aromatic carbocycles. The summed E-state index contributed by atoms with van der Waals surface area (Å²) in [5.41, 5.74) is 1.78. The predicted octanol–water partition coefficient (Wildman–Crippen LogP) is 2.32. The zero-order valence-corrected chi connectivity index (χ0v) is 6.89. The van der Waals surface area contributed by atoms with Gasteiger partial charge in [0.05, 0.1) is 5.45 Å². The molecule has 1 aromatic rings. The first kappa shape index (κ1) is 7.43. The van der Waals surface area contributed by atoms with Crippen molar-refractivity contribution in [3.8, 4) is 0 Å². The van der Waals surface area contributed by atoms with Crippen molar-refractivity contribution in [3.63, 3.8) is 0 Å². The first-order valence-electron chi connectivity index (χ1n) is 3.16. The Morgan fingerprint density at radius 2 is 1.90 bits per heavy atom. The van der Waals surface area contributed by atoms with Crippen LogP contribution in [-0.2, 0) is 0 Å². The molecule has 1 N–H and O–H groups in total. The van der Waals surface area contributed by atoms with Gasteiger partial charge in [-0.25, -0.2) is 0 Å². The highest BCUT2D eigenvalue weighted by molar-refractivity contribution is 7.58. The van der Waals surface area contributed by atoms with Crippen LogP contribution in [0, 0.1) is 5.41 Å². The van der Waals surface area contributed by atoms with Gasteiger partial charge in [0.1, 0.15) is 0 Å². The molecule has 0 saturated heterocycles. The molecule has 2 heteroatoms. The highest BCUT2D eigenvalue weighted by Gasteiger charge is 1.93. The molecule has 1 atom stereocenters. The van der Waals surface area contributed by atoms with Crippen LogP contribution in [0.1, 0.15) is 5.56 Å².